The average Bonchev–Trinajstić information content (AvgIpc) is 2.70. The molecule has 1 aromatic carbocycles. The van der Waals surface area contributed by atoms with Crippen LogP contribution in [0.4, 0.5) is 0 Å². The van der Waals surface area contributed by atoms with Gasteiger partial charge in [0, 0.05) is 18.2 Å². The van der Waals surface area contributed by atoms with Gasteiger partial charge in [0.05, 0.1) is 5.56 Å². The average molecular weight is 401 g/mol. The van der Waals surface area contributed by atoms with E-state index >= 15 is 0 Å². The largest absolute Gasteiger partial charge is 0.507 e. The topological polar surface area (TPSA) is 78.4 Å². The number of aromatic hydroxyl groups is 1. The first-order chi connectivity index (χ1) is 14.2. The SMILES string of the molecule is O=Cc1ccc(O)c(C(=O)NCCCCCCCCNC2C/C=C\CCCC2)c1. The maximum atomic E-state index is 12.1. The molecule has 3 N–H and O–H groups in total. The third-order valence-electron chi connectivity index (χ3n) is 5.48. The van der Waals surface area contributed by atoms with Crippen molar-refractivity contribution in [1.82, 2.24) is 10.6 Å². The molecule has 2 rings (SSSR count). The van der Waals surface area contributed by atoms with Gasteiger partial charge in [-0.05, 0) is 63.3 Å². The first-order valence-electron chi connectivity index (χ1n) is 11.2. The van der Waals surface area contributed by atoms with Crippen LogP contribution in [-0.2, 0) is 0 Å². The van der Waals surface area contributed by atoms with Crippen LogP contribution >= 0.6 is 0 Å². The van der Waals surface area contributed by atoms with Crippen molar-refractivity contribution in [3.05, 3.63) is 41.5 Å². The predicted octanol–water partition coefficient (Wildman–Crippen LogP) is 4.75. The maximum Gasteiger partial charge on any atom is 0.255 e. The summed E-state index contributed by atoms with van der Waals surface area (Å²) in [5.41, 5.74) is 0.537. The quantitative estimate of drug-likeness (QED) is 0.269. The Morgan fingerprint density at radius 1 is 1.03 bits per heavy atom. The highest BCUT2D eigenvalue weighted by molar-refractivity contribution is 5.98. The van der Waals surface area contributed by atoms with E-state index < -0.39 is 0 Å². The first kappa shape index (κ1) is 23.1. The highest BCUT2D eigenvalue weighted by Gasteiger charge is 2.11. The van der Waals surface area contributed by atoms with Crippen LogP contribution in [0.25, 0.3) is 0 Å². The molecular weight excluding hydrogens is 364 g/mol. The van der Waals surface area contributed by atoms with E-state index in [0.717, 1.165) is 19.4 Å². The molecular formula is C24H36N2O3. The summed E-state index contributed by atoms with van der Waals surface area (Å²) in [7, 11) is 0. The molecule has 0 heterocycles. The lowest BCUT2D eigenvalue weighted by Crippen LogP contribution is -2.29. The van der Waals surface area contributed by atoms with Gasteiger partial charge in [0.1, 0.15) is 12.0 Å². The van der Waals surface area contributed by atoms with Gasteiger partial charge in [-0.2, -0.15) is 0 Å². The summed E-state index contributed by atoms with van der Waals surface area (Å²) in [4.78, 5) is 22.9. The number of amides is 1. The minimum atomic E-state index is -0.332. The van der Waals surface area contributed by atoms with Gasteiger partial charge in [-0.25, -0.2) is 0 Å². The molecule has 0 saturated carbocycles. The standard InChI is InChI=1S/C24H36N2O3/c27-19-20-14-15-23(28)22(18-20)24(29)26-17-11-7-2-1-6-10-16-25-21-12-8-4-3-5-9-13-21/h4,8,14-15,18-19,21,25,28H,1-3,5-7,9-13,16-17H2,(H,26,29)/b8-4-. The number of allylic oxidation sites excluding steroid dienone is 1. The van der Waals surface area contributed by atoms with E-state index in [-0.39, 0.29) is 17.2 Å². The van der Waals surface area contributed by atoms with Crippen molar-refractivity contribution in [2.75, 3.05) is 13.1 Å². The van der Waals surface area contributed by atoms with Gasteiger partial charge in [-0.15, -0.1) is 0 Å². The Labute approximate surface area is 175 Å². The zero-order chi connectivity index (χ0) is 20.7. The second-order valence-electron chi connectivity index (χ2n) is 7.91. The number of rotatable bonds is 12. The zero-order valence-corrected chi connectivity index (χ0v) is 17.5. The molecule has 0 saturated heterocycles. The smallest absolute Gasteiger partial charge is 0.255 e. The molecule has 29 heavy (non-hydrogen) atoms. The molecule has 0 radical (unpaired) electrons. The Hall–Kier alpha value is -2.14. The fraction of sp³-hybridized carbons (Fsp3) is 0.583. The Kier molecular flexibility index (Phi) is 11.1. The number of benzene rings is 1. The van der Waals surface area contributed by atoms with Gasteiger partial charge >= 0.3 is 0 Å². The molecule has 0 aliphatic heterocycles. The van der Waals surface area contributed by atoms with Crippen molar-refractivity contribution < 1.29 is 14.7 Å². The summed E-state index contributed by atoms with van der Waals surface area (Å²) in [6, 6.07) is 4.94. The number of unbranched alkanes of at least 4 members (excludes halogenated alkanes) is 5. The van der Waals surface area contributed by atoms with Gasteiger partial charge in [-0.3, -0.25) is 9.59 Å². The molecule has 1 aromatic rings. The number of hydrogen-bond acceptors (Lipinski definition) is 4. The Balaban J connectivity index is 1.47. The molecule has 1 aliphatic rings. The van der Waals surface area contributed by atoms with Crippen LogP contribution in [0.2, 0.25) is 0 Å². The van der Waals surface area contributed by atoms with Crippen LogP contribution in [0.1, 0.15) is 91.3 Å². The van der Waals surface area contributed by atoms with Crippen molar-refractivity contribution in [2.45, 2.75) is 76.7 Å². The molecule has 0 spiro atoms. The molecule has 5 heteroatoms. The Morgan fingerprint density at radius 2 is 1.79 bits per heavy atom. The lowest BCUT2D eigenvalue weighted by Gasteiger charge is -2.18. The minimum Gasteiger partial charge on any atom is -0.507 e. The van der Waals surface area contributed by atoms with Gasteiger partial charge < -0.3 is 15.7 Å². The number of aldehydes is 1. The number of phenolic OH excluding ortho intramolecular Hbond substituents is 1. The molecule has 160 valence electrons. The van der Waals surface area contributed by atoms with E-state index in [0.29, 0.717) is 24.4 Å². The lowest BCUT2D eigenvalue weighted by atomic mass is 10.0. The van der Waals surface area contributed by atoms with Crippen molar-refractivity contribution in [1.29, 1.82) is 0 Å². The molecule has 0 fully saturated rings. The van der Waals surface area contributed by atoms with E-state index in [2.05, 4.69) is 22.8 Å². The van der Waals surface area contributed by atoms with Crippen LogP contribution in [-0.4, -0.2) is 36.4 Å². The summed E-state index contributed by atoms with van der Waals surface area (Å²) in [6.45, 7) is 1.69. The lowest BCUT2D eigenvalue weighted by molar-refractivity contribution is 0.0950. The fourth-order valence-electron chi connectivity index (χ4n) is 3.70. The van der Waals surface area contributed by atoms with Crippen molar-refractivity contribution >= 4 is 12.2 Å². The highest BCUT2D eigenvalue weighted by atomic mass is 16.3. The second kappa shape index (κ2) is 13.9. The molecule has 1 aliphatic carbocycles. The molecule has 5 nitrogen and oxygen atoms in total. The van der Waals surface area contributed by atoms with E-state index in [4.69, 9.17) is 0 Å². The monoisotopic (exact) mass is 400 g/mol. The van der Waals surface area contributed by atoms with E-state index in [1.54, 1.807) is 0 Å². The van der Waals surface area contributed by atoms with Crippen LogP contribution in [0.5, 0.6) is 5.75 Å². The Bertz CT molecular complexity index is 658. The predicted molar refractivity (Wildman–Crippen MR) is 118 cm³/mol. The van der Waals surface area contributed by atoms with Crippen molar-refractivity contribution in [3.63, 3.8) is 0 Å². The van der Waals surface area contributed by atoms with Gasteiger partial charge in [-0.1, -0.05) is 44.3 Å². The van der Waals surface area contributed by atoms with Gasteiger partial charge in [0.25, 0.3) is 5.91 Å². The third-order valence-corrected chi connectivity index (χ3v) is 5.48. The highest BCUT2D eigenvalue weighted by Crippen LogP contribution is 2.17. The van der Waals surface area contributed by atoms with E-state index in [9.17, 15) is 14.7 Å². The van der Waals surface area contributed by atoms with E-state index in [1.165, 1.54) is 76.0 Å². The molecule has 1 amide bonds. The maximum absolute atomic E-state index is 12.1. The van der Waals surface area contributed by atoms with Crippen LogP contribution in [0.15, 0.2) is 30.4 Å². The normalized spacial score (nSPS) is 17.9. The van der Waals surface area contributed by atoms with Crippen molar-refractivity contribution in [3.8, 4) is 5.75 Å². The number of nitrogens with one attached hydrogen (secondary N) is 2. The number of phenols is 1. The molecule has 0 bridgehead atoms. The zero-order valence-electron chi connectivity index (χ0n) is 17.5. The summed E-state index contributed by atoms with van der Waals surface area (Å²) in [6.07, 6.45) is 18.6. The first-order valence-corrected chi connectivity index (χ1v) is 11.2. The number of carbonyl (C=O) groups excluding carboxylic acids is 2. The molecule has 0 aromatic heterocycles. The van der Waals surface area contributed by atoms with Gasteiger partial charge in [0.15, 0.2) is 0 Å². The summed E-state index contributed by atoms with van der Waals surface area (Å²) >= 11 is 0. The third kappa shape index (κ3) is 9.27. The van der Waals surface area contributed by atoms with Crippen molar-refractivity contribution in [2.24, 2.45) is 0 Å². The summed E-state index contributed by atoms with van der Waals surface area (Å²) in [5.74, 6) is -0.432. The Morgan fingerprint density at radius 3 is 2.59 bits per heavy atom. The van der Waals surface area contributed by atoms with Crippen LogP contribution in [0.3, 0.4) is 0 Å². The molecule has 1 unspecified atom stereocenters. The second-order valence-corrected chi connectivity index (χ2v) is 7.91. The summed E-state index contributed by atoms with van der Waals surface area (Å²) < 4.78 is 0. The molecule has 1 atom stereocenters. The van der Waals surface area contributed by atoms with Crippen LogP contribution < -0.4 is 10.6 Å². The van der Waals surface area contributed by atoms with Crippen LogP contribution in [0, 0.1) is 0 Å². The van der Waals surface area contributed by atoms with E-state index in [1.807, 2.05) is 0 Å². The summed E-state index contributed by atoms with van der Waals surface area (Å²) in [5, 5.41) is 16.3. The minimum absolute atomic E-state index is 0.0999. The van der Waals surface area contributed by atoms with Gasteiger partial charge in [0.2, 0.25) is 0 Å². The fourth-order valence-corrected chi connectivity index (χ4v) is 3.70. The number of carbonyl (C=O) groups is 2. The number of hydrogen-bond donors (Lipinski definition) is 3.